The first kappa shape index (κ1) is 21.9. The Bertz CT molecular complexity index is 1220. The maximum Gasteiger partial charge on any atom is 0.338 e. The average Bonchev–Trinajstić information content (AvgIpc) is 2.75. The van der Waals surface area contributed by atoms with Crippen LogP contribution in [0.25, 0.3) is 0 Å². The van der Waals surface area contributed by atoms with E-state index in [4.69, 9.17) is 9.47 Å². The van der Waals surface area contributed by atoms with Crippen LogP contribution in [-0.4, -0.2) is 42.7 Å². The minimum atomic E-state index is -1.06. The molecule has 2 atom stereocenters. The minimum absolute atomic E-state index is 0.00367. The Morgan fingerprint density at radius 1 is 0.848 bits per heavy atom. The number of rotatable bonds is 3. The van der Waals surface area contributed by atoms with Gasteiger partial charge >= 0.3 is 5.97 Å². The molecule has 0 spiro atoms. The molecule has 0 amide bonds. The van der Waals surface area contributed by atoms with E-state index in [1.807, 2.05) is 0 Å². The Labute approximate surface area is 188 Å². The Morgan fingerprint density at radius 3 is 2.06 bits per heavy atom. The number of ether oxygens (including phenoxy) is 2. The fourth-order valence-corrected chi connectivity index (χ4v) is 3.90. The molecule has 0 fully saturated rings. The number of aryl methyl sites for hydroxylation is 2. The molecule has 1 aliphatic rings. The largest absolute Gasteiger partial charge is 0.508 e. The Hall–Kier alpha value is -4.27. The number of hydrogen-bond acceptors (Lipinski definition) is 9. The summed E-state index contributed by atoms with van der Waals surface area (Å²) in [6, 6.07) is 7.68. The lowest BCUT2D eigenvalue weighted by Gasteiger charge is -2.34. The normalized spacial score (nSPS) is 17.2. The fraction of sp³-hybridized carbons (Fsp3) is 0.208. The summed E-state index contributed by atoms with van der Waals surface area (Å²) in [5.41, 5.74) is 1.66. The van der Waals surface area contributed by atoms with Crippen molar-refractivity contribution in [1.29, 1.82) is 0 Å². The summed E-state index contributed by atoms with van der Waals surface area (Å²) in [4.78, 5) is 12.9. The molecule has 0 radical (unpaired) electrons. The molecule has 0 bridgehead atoms. The molecule has 3 aromatic carbocycles. The van der Waals surface area contributed by atoms with Crippen molar-refractivity contribution >= 4 is 5.97 Å². The Kier molecular flexibility index (Phi) is 5.33. The van der Waals surface area contributed by atoms with Gasteiger partial charge in [0.1, 0.15) is 29.1 Å². The summed E-state index contributed by atoms with van der Waals surface area (Å²) < 4.78 is 11.6. The van der Waals surface area contributed by atoms with E-state index in [-0.39, 0.29) is 40.5 Å². The highest BCUT2D eigenvalue weighted by Gasteiger charge is 2.37. The highest BCUT2D eigenvalue weighted by Crippen LogP contribution is 2.45. The van der Waals surface area contributed by atoms with Crippen molar-refractivity contribution in [3.8, 4) is 40.2 Å². The summed E-state index contributed by atoms with van der Waals surface area (Å²) in [6.45, 7) is 3.29. The third-order valence-corrected chi connectivity index (χ3v) is 5.57. The van der Waals surface area contributed by atoms with Crippen LogP contribution in [0.2, 0.25) is 0 Å². The van der Waals surface area contributed by atoms with Gasteiger partial charge in [-0.1, -0.05) is 0 Å². The highest BCUT2D eigenvalue weighted by atomic mass is 16.6. The lowest BCUT2D eigenvalue weighted by molar-refractivity contribution is -0.0189. The SMILES string of the molecule is Cc1cc(C(=O)O[C@@H]2Cc3c(O)cc(O)cc3OC2c2cc(O)c(O)c(O)c2)cc(C)c1O. The predicted molar refractivity (Wildman–Crippen MR) is 115 cm³/mol. The molecule has 3 aromatic rings. The summed E-state index contributed by atoms with van der Waals surface area (Å²) in [7, 11) is 0. The second-order valence-electron chi connectivity index (χ2n) is 7.99. The van der Waals surface area contributed by atoms with Gasteiger partial charge in [0, 0.05) is 29.7 Å². The molecule has 0 aliphatic carbocycles. The number of phenols is 6. The molecule has 4 rings (SSSR count). The number of esters is 1. The van der Waals surface area contributed by atoms with Crippen molar-refractivity contribution < 1.29 is 44.9 Å². The molecule has 1 unspecified atom stereocenters. The number of benzene rings is 3. The standard InChI is InChI=1S/C24H22O9/c1-10-3-13(4-11(2)21(10)29)24(31)33-20-9-15-16(26)7-14(25)8-19(15)32-23(20)12-5-17(27)22(30)18(28)6-12/h3-8,20,23,25-30H,9H2,1-2H3/t20-,23?/m1/s1. The summed E-state index contributed by atoms with van der Waals surface area (Å²) in [5.74, 6) is -2.93. The number of carbonyl (C=O) groups excluding carboxylic acids is 1. The van der Waals surface area contributed by atoms with Crippen molar-refractivity contribution in [1.82, 2.24) is 0 Å². The van der Waals surface area contributed by atoms with E-state index in [9.17, 15) is 35.4 Å². The zero-order valence-corrected chi connectivity index (χ0v) is 17.7. The van der Waals surface area contributed by atoms with Gasteiger partial charge in [-0.25, -0.2) is 4.79 Å². The van der Waals surface area contributed by atoms with Crippen LogP contribution in [0.3, 0.4) is 0 Å². The van der Waals surface area contributed by atoms with Gasteiger partial charge in [0.05, 0.1) is 5.56 Å². The van der Waals surface area contributed by atoms with Crippen LogP contribution in [0.15, 0.2) is 36.4 Å². The molecule has 33 heavy (non-hydrogen) atoms. The molecule has 9 nitrogen and oxygen atoms in total. The third-order valence-electron chi connectivity index (χ3n) is 5.57. The number of aromatic hydroxyl groups is 6. The summed E-state index contributed by atoms with van der Waals surface area (Å²) in [5, 5.41) is 59.7. The fourth-order valence-electron chi connectivity index (χ4n) is 3.90. The zero-order valence-electron chi connectivity index (χ0n) is 17.7. The number of hydrogen-bond donors (Lipinski definition) is 6. The van der Waals surface area contributed by atoms with Gasteiger partial charge in [0.15, 0.2) is 23.4 Å². The predicted octanol–water partition coefficient (Wildman–Crippen LogP) is 3.44. The van der Waals surface area contributed by atoms with Crippen molar-refractivity contribution in [3.63, 3.8) is 0 Å². The zero-order chi connectivity index (χ0) is 24.0. The maximum absolute atomic E-state index is 12.9. The van der Waals surface area contributed by atoms with Gasteiger partial charge < -0.3 is 40.1 Å². The van der Waals surface area contributed by atoms with Crippen LogP contribution in [0.4, 0.5) is 0 Å². The minimum Gasteiger partial charge on any atom is -0.508 e. The van der Waals surface area contributed by atoms with Gasteiger partial charge in [-0.05, 0) is 49.2 Å². The second-order valence-corrected chi connectivity index (χ2v) is 7.99. The van der Waals surface area contributed by atoms with Crippen molar-refractivity contribution in [2.75, 3.05) is 0 Å². The monoisotopic (exact) mass is 454 g/mol. The van der Waals surface area contributed by atoms with Crippen LogP contribution in [0.5, 0.6) is 40.2 Å². The lowest BCUT2D eigenvalue weighted by atomic mass is 9.93. The Balaban J connectivity index is 1.75. The molecule has 172 valence electrons. The maximum atomic E-state index is 12.9. The van der Waals surface area contributed by atoms with E-state index in [0.29, 0.717) is 16.7 Å². The molecule has 9 heteroatoms. The van der Waals surface area contributed by atoms with E-state index in [1.165, 1.54) is 18.2 Å². The molecule has 0 saturated heterocycles. The molecule has 6 N–H and O–H groups in total. The van der Waals surface area contributed by atoms with Crippen molar-refractivity contribution in [3.05, 3.63) is 64.2 Å². The van der Waals surface area contributed by atoms with Gasteiger partial charge in [-0.15, -0.1) is 0 Å². The molecular weight excluding hydrogens is 432 g/mol. The number of phenolic OH excluding ortho intramolecular Hbond substituents is 6. The lowest BCUT2D eigenvalue weighted by Crippen LogP contribution is -2.34. The molecule has 1 aliphatic heterocycles. The second kappa shape index (κ2) is 8.01. The van der Waals surface area contributed by atoms with Crippen LogP contribution in [-0.2, 0) is 11.2 Å². The Morgan fingerprint density at radius 2 is 1.45 bits per heavy atom. The van der Waals surface area contributed by atoms with E-state index in [1.54, 1.807) is 13.8 Å². The first-order chi connectivity index (χ1) is 15.5. The summed E-state index contributed by atoms with van der Waals surface area (Å²) >= 11 is 0. The van der Waals surface area contributed by atoms with Gasteiger partial charge in [-0.2, -0.15) is 0 Å². The van der Waals surface area contributed by atoms with Crippen LogP contribution >= 0.6 is 0 Å². The van der Waals surface area contributed by atoms with Crippen molar-refractivity contribution in [2.45, 2.75) is 32.5 Å². The van der Waals surface area contributed by atoms with E-state index >= 15 is 0 Å². The van der Waals surface area contributed by atoms with E-state index < -0.39 is 35.4 Å². The van der Waals surface area contributed by atoms with Crippen molar-refractivity contribution in [2.24, 2.45) is 0 Å². The van der Waals surface area contributed by atoms with Gasteiger partial charge in [-0.3, -0.25) is 0 Å². The topological polar surface area (TPSA) is 157 Å². The first-order valence-electron chi connectivity index (χ1n) is 10.0. The quantitative estimate of drug-likeness (QED) is 0.258. The smallest absolute Gasteiger partial charge is 0.338 e. The van der Waals surface area contributed by atoms with E-state index in [2.05, 4.69) is 0 Å². The van der Waals surface area contributed by atoms with Gasteiger partial charge in [0.25, 0.3) is 0 Å². The first-order valence-corrected chi connectivity index (χ1v) is 10.0. The van der Waals surface area contributed by atoms with Crippen LogP contribution in [0, 0.1) is 13.8 Å². The number of fused-ring (bicyclic) bond motifs is 1. The molecule has 0 saturated carbocycles. The average molecular weight is 454 g/mol. The van der Waals surface area contributed by atoms with Crippen LogP contribution < -0.4 is 4.74 Å². The molecular formula is C24H22O9. The molecule has 0 aromatic heterocycles. The third kappa shape index (κ3) is 4.00. The molecule has 1 heterocycles. The van der Waals surface area contributed by atoms with E-state index in [0.717, 1.165) is 18.2 Å². The summed E-state index contributed by atoms with van der Waals surface area (Å²) in [6.07, 6.45) is -2.08. The van der Waals surface area contributed by atoms with Crippen LogP contribution in [0.1, 0.15) is 38.7 Å². The van der Waals surface area contributed by atoms with Gasteiger partial charge in [0.2, 0.25) is 0 Å². The highest BCUT2D eigenvalue weighted by molar-refractivity contribution is 5.90. The number of carbonyl (C=O) groups is 1.